The van der Waals surface area contributed by atoms with Gasteiger partial charge in [-0.05, 0) is 81.2 Å². The quantitative estimate of drug-likeness (QED) is 0.438. The second-order valence-electron chi connectivity index (χ2n) is 10.4. The van der Waals surface area contributed by atoms with Crippen molar-refractivity contribution in [2.24, 2.45) is 0 Å². The Bertz CT molecular complexity index is 1210. The van der Waals surface area contributed by atoms with Gasteiger partial charge in [0.15, 0.2) is 0 Å². The van der Waals surface area contributed by atoms with Crippen molar-refractivity contribution in [3.8, 4) is 11.5 Å². The van der Waals surface area contributed by atoms with E-state index in [4.69, 9.17) is 14.7 Å². The summed E-state index contributed by atoms with van der Waals surface area (Å²) < 4.78 is 5.91. The molecule has 0 spiro atoms. The summed E-state index contributed by atoms with van der Waals surface area (Å²) in [5, 5.41) is 6.83. The Morgan fingerprint density at radius 3 is 2.43 bits per heavy atom. The molecule has 0 radical (unpaired) electrons. The fourth-order valence-corrected chi connectivity index (χ4v) is 5.38. The Balaban J connectivity index is 1.11. The molecule has 2 aliphatic carbocycles. The van der Waals surface area contributed by atoms with Gasteiger partial charge >= 0.3 is 0 Å². The number of para-hydroxylation sites is 1. The van der Waals surface area contributed by atoms with Crippen LogP contribution in [0.2, 0.25) is 0 Å². The van der Waals surface area contributed by atoms with Crippen molar-refractivity contribution < 1.29 is 9.53 Å². The van der Waals surface area contributed by atoms with Crippen LogP contribution >= 0.6 is 0 Å². The summed E-state index contributed by atoms with van der Waals surface area (Å²) in [7, 11) is 4.11. The third kappa shape index (κ3) is 6.59. The molecule has 1 saturated carbocycles. The molecule has 194 valence electrons. The summed E-state index contributed by atoms with van der Waals surface area (Å²) >= 11 is 0. The first-order valence-corrected chi connectivity index (χ1v) is 13.5. The highest BCUT2D eigenvalue weighted by atomic mass is 16.5. The molecule has 1 fully saturated rings. The summed E-state index contributed by atoms with van der Waals surface area (Å²) in [6, 6.07) is 18.0. The SMILES string of the molecule is CN(C)c1nc(N[C@H]2CC[C@@H](NC(=O)Cc3cccc(Oc4ccccc4)c3)CC2)nc2c1CCCC2. The van der Waals surface area contributed by atoms with E-state index in [0.717, 1.165) is 67.4 Å². The number of aromatic nitrogens is 2. The molecule has 1 aromatic heterocycles. The van der Waals surface area contributed by atoms with E-state index in [0.29, 0.717) is 12.5 Å². The van der Waals surface area contributed by atoms with E-state index in [-0.39, 0.29) is 11.9 Å². The van der Waals surface area contributed by atoms with E-state index >= 15 is 0 Å². The predicted octanol–water partition coefficient (Wildman–Crippen LogP) is 5.30. The molecule has 3 aromatic rings. The lowest BCUT2D eigenvalue weighted by molar-refractivity contribution is -0.121. The number of ether oxygens (including phenoxy) is 1. The maximum atomic E-state index is 12.8. The van der Waals surface area contributed by atoms with Gasteiger partial charge in [0.1, 0.15) is 17.3 Å². The van der Waals surface area contributed by atoms with Crippen molar-refractivity contribution in [3.05, 3.63) is 71.4 Å². The Kier molecular flexibility index (Phi) is 7.87. The molecule has 1 heterocycles. The van der Waals surface area contributed by atoms with Gasteiger partial charge in [0.25, 0.3) is 0 Å². The number of hydrogen-bond acceptors (Lipinski definition) is 6. The fourth-order valence-electron chi connectivity index (χ4n) is 5.38. The zero-order valence-electron chi connectivity index (χ0n) is 21.9. The number of aryl methyl sites for hydroxylation is 1. The van der Waals surface area contributed by atoms with E-state index in [9.17, 15) is 4.79 Å². The minimum absolute atomic E-state index is 0.0573. The maximum Gasteiger partial charge on any atom is 0.225 e. The van der Waals surface area contributed by atoms with Crippen LogP contribution in [0.4, 0.5) is 11.8 Å². The fraction of sp³-hybridized carbons (Fsp3) is 0.433. The normalized spacial score (nSPS) is 19.0. The predicted molar refractivity (Wildman–Crippen MR) is 147 cm³/mol. The van der Waals surface area contributed by atoms with Gasteiger partial charge in [-0.2, -0.15) is 4.98 Å². The molecule has 0 bridgehead atoms. The largest absolute Gasteiger partial charge is 0.457 e. The van der Waals surface area contributed by atoms with Crippen LogP contribution in [0.1, 0.15) is 55.3 Å². The minimum atomic E-state index is 0.0573. The lowest BCUT2D eigenvalue weighted by atomic mass is 9.91. The molecule has 0 unspecified atom stereocenters. The van der Waals surface area contributed by atoms with Gasteiger partial charge in [0.2, 0.25) is 11.9 Å². The Morgan fingerprint density at radius 1 is 0.919 bits per heavy atom. The molecular weight excluding hydrogens is 462 g/mol. The van der Waals surface area contributed by atoms with Crippen LogP contribution < -0.4 is 20.3 Å². The number of rotatable bonds is 8. The second kappa shape index (κ2) is 11.6. The maximum absolute atomic E-state index is 12.8. The van der Waals surface area contributed by atoms with Crippen LogP contribution in [-0.2, 0) is 24.1 Å². The van der Waals surface area contributed by atoms with Crippen molar-refractivity contribution in [3.63, 3.8) is 0 Å². The molecule has 1 amide bonds. The van der Waals surface area contributed by atoms with Crippen molar-refractivity contribution in [1.29, 1.82) is 0 Å². The summed E-state index contributed by atoms with van der Waals surface area (Å²) in [5.74, 6) is 3.38. The Morgan fingerprint density at radius 2 is 1.65 bits per heavy atom. The third-order valence-corrected chi connectivity index (χ3v) is 7.25. The molecular formula is C30H37N5O2. The monoisotopic (exact) mass is 499 g/mol. The van der Waals surface area contributed by atoms with Gasteiger partial charge in [-0.3, -0.25) is 4.79 Å². The number of amides is 1. The molecule has 37 heavy (non-hydrogen) atoms. The molecule has 0 aliphatic heterocycles. The van der Waals surface area contributed by atoms with E-state index < -0.39 is 0 Å². The van der Waals surface area contributed by atoms with Gasteiger partial charge in [-0.1, -0.05) is 30.3 Å². The highest BCUT2D eigenvalue weighted by Crippen LogP contribution is 2.29. The number of carbonyl (C=O) groups excluding carboxylic acids is 1. The molecule has 7 nitrogen and oxygen atoms in total. The highest BCUT2D eigenvalue weighted by molar-refractivity contribution is 5.79. The van der Waals surface area contributed by atoms with Crippen LogP contribution in [-0.4, -0.2) is 42.1 Å². The lowest BCUT2D eigenvalue weighted by Crippen LogP contribution is -2.41. The number of anilines is 2. The van der Waals surface area contributed by atoms with Gasteiger partial charge in [-0.25, -0.2) is 4.98 Å². The van der Waals surface area contributed by atoms with Crippen LogP contribution in [0.25, 0.3) is 0 Å². The van der Waals surface area contributed by atoms with Crippen LogP contribution in [0.3, 0.4) is 0 Å². The molecule has 0 saturated heterocycles. The summed E-state index contributed by atoms with van der Waals surface area (Å²) in [6.45, 7) is 0. The van der Waals surface area contributed by atoms with Gasteiger partial charge in [0.05, 0.1) is 12.1 Å². The van der Waals surface area contributed by atoms with Crippen LogP contribution in [0, 0.1) is 0 Å². The lowest BCUT2D eigenvalue weighted by Gasteiger charge is -2.30. The van der Waals surface area contributed by atoms with Crippen molar-refractivity contribution in [2.75, 3.05) is 24.3 Å². The Hall–Kier alpha value is -3.61. The molecule has 2 aromatic carbocycles. The van der Waals surface area contributed by atoms with Crippen molar-refractivity contribution in [2.45, 2.75) is 69.9 Å². The summed E-state index contributed by atoms with van der Waals surface area (Å²) in [4.78, 5) is 24.6. The minimum Gasteiger partial charge on any atom is -0.457 e. The molecule has 7 heteroatoms. The van der Waals surface area contributed by atoms with Crippen molar-refractivity contribution >= 4 is 17.7 Å². The average molecular weight is 500 g/mol. The van der Waals surface area contributed by atoms with Crippen molar-refractivity contribution in [1.82, 2.24) is 15.3 Å². The third-order valence-electron chi connectivity index (χ3n) is 7.25. The first kappa shape index (κ1) is 25.1. The van der Waals surface area contributed by atoms with Gasteiger partial charge in [0, 0.05) is 31.7 Å². The average Bonchev–Trinajstić information content (AvgIpc) is 2.90. The molecule has 2 N–H and O–H groups in total. The van der Waals surface area contributed by atoms with Crippen LogP contribution in [0.5, 0.6) is 11.5 Å². The number of fused-ring (bicyclic) bond motifs is 1. The zero-order valence-corrected chi connectivity index (χ0v) is 21.9. The van der Waals surface area contributed by atoms with E-state index in [1.807, 2.05) is 54.6 Å². The number of nitrogens with zero attached hydrogens (tertiary/aromatic N) is 3. The summed E-state index contributed by atoms with van der Waals surface area (Å²) in [6.07, 6.45) is 8.74. The van der Waals surface area contributed by atoms with E-state index in [1.165, 1.54) is 24.1 Å². The number of benzene rings is 2. The molecule has 0 atom stereocenters. The second-order valence-corrected chi connectivity index (χ2v) is 10.4. The van der Waals surface area contributed by atoms with Gasteiger partial charge in [-0.15, -0.1) is 0 Å². The van der Waals surface area contributed by atoms with Crippen LogP contribution in [0.15, 0.2) is 54.6 Å². The Labute approximate surface area is 219 Å². The highest BCUT2D eigenvalue weighted by Gasteiger charge is 2.25. The first-order chi connectivity index (χ1) is 18.0. The smallest absolute Gasteiger partial charge is 0.225 e. The van der Waals surface area contributed by atoms with Gasteiger partial charge < -0.3 is 20.3 Å². The topological polar surface area (TPSA) is 79.4 Å². The zero-order chi connectivity index (χ0) is 25.6. The van der Waals surface area contributed by atoms with E-state index in [1.54, 1.807) is 0 Å². The number of hydrogen-bond donors (Lipinski definition) is 2. The number of carbonyl (C=O) groups is 1. The molecule has 5 rings (SSSR count). The van der Waals surface area contributed by atoms with E-state index in [2.05, 4.69) is 29.6 Å². The number of nitrogens with one attached hydrogen (secondary N) is 2. The summed E-state index contributed by atoms with van der Waals surface area (Å²) in [5.41, 5.74) is 3.46. The first-order valence-electron chi connectivity index (χ1n) is 13.5. The standard InChI is InChI=1S/C30H37N5O2/c1-35(2)29-26-13-6-7-14-27(26)33-30(34-29)32-23-17-15-22(16-18-23)31-28(36)20-21-9-8-12-25(19-21)37-24-10-4-3-5-11-24/h3-5,8-12,19,22-23H,6-7,13-18,20H2,1-2H3,(H,31,36)(H,32,33,34)/t22-,23+. The molecule has 2 aliphatic rings.